The van der Waals surface area contributed by atoms with Gasteiger partial charge < -0.3 is 14.7 Å². The summed E-state index contributed by atoms with van der Waals surface area (Å²) in [6.07, 6.45) is 7.42. The highest BCUT2D eigenvalue weighted by Crippen LogP contribution is 2.36. The summed E-state index contributed by atoms with van der Waals surface area (Å²) in [7, 11) is -3.42. The van der Waals surface area contributed by atoms with E-state index in [1.807, 2.05) is 0 Å². The van der Waals surface area contributed by atoms with Crippen molar-refractivity contribution in [2.75, 3.05) is 30.9 Å². The molecule has 0 aromatic carbocycles. The number of rotatable bonds is 7. The normalized spacial score (nSPS) is 22.4. The third-order valence-corrected chi connectivity index (χ3v) is 7.27. The molecule has 10 nitrogen and oxygen atoms in total. The van der Waals surface area contributed by atoms with Gasteiger partial charge in [-0.3, -0.25) is 4.68 Å². The van der Waals surface area contributed by atoms with E-state index in [9.17, 15) is 13.5 Å². The smallest absolute Gasteiger partial charge is 0.225 e. The van der Waals surface area contributed by atoms with E-state index in [4.69, 9.17) is 16.3 Å². The largest absolute Gasteiger partial charge is 0.384 e. The zero-order valence-corrected chi connectivity index (χ0v) is 20.7. The molecule has 4 heterocycles. The first-order chi connectivity index (χ1) is 15.5. The molecule has 33 heavy (non-hydrogen) atoms. The fourth-order valence-electron chi connectivity index (χ4n) is 4.50. The molecule has 4 rings (SSSR count). The fraction of sp³-hybridized carbons (Fsp3) is 0.667. The van der Waals surface area contributed by atoms with E-state index in [1.165, 1.54) is 0 Å². The van der Waals surface area contributed by atoms with Crippen LogP contribution < -0.4 is 9.62 Å². The van der Waals surface area contributed by atoms with Gasteiger partial charge in [0.15, 0.2) is 0 Å². The first-order valence-electron chi connectivity index (χ1n) is 11.1. The number of sulfonamides is 1. The molecule has 2 aromatic heterocycles. The van der Waals surface area contributed by atoms with Crippen LogP contribution in [0, 0.1) is 0 Å². The summed E-state index contributed by atoms with van der Waals surface area (Å²) >= 11 is 6.56. The van der Waals surface area contributed by atoms with Crippen molar-refractivity contribution >= 4 is 27.6 Å². The van der Waals surface area contributed by atoms with Gasteiger partial charge in [-0.25, -0.2) is 23.1 Å². The van der Waals surface area contributed by atoms with Crippen molar-refractivity contribution in [3.8, 4) is 0 Å². The quantitative estimate of drug-likeness (QED) is 0.590. The second-order valence-electron chi connectivity index (χ2n) is 9.28. The van der Waals surface area contributed by atoms with Crippen LogP contribution in [0.5, 0.6) is 0 Å². The molecule has 1 saturated heterocycles. The summed E-state index contributed by atoms with van der Waals surface area (Å²) in [5.41, 5.74) is -0.0239. The molecule has 1 fully saturated rings. The molecule has 12 heteroatoms. The maximum atomic E-state index is 12.0. The van der Waals surface area contributed by atoms with Gasteiger partial charge in [-0.2, -0.15) is 5.10 Å². The van der Waals surface area contributed by atoms with Crippen molar-refractivity contribution in [2.24, 2.45) is 0 Å². The van der Waals surface area contributed by atoms with Crippen LogP contribution in [0.1, 0.15) is 50.5 Å². The lowest BCUT2D eigenvalue weighted by atomic mass is 9.97. The van der Waals surface area contributed by atoms with Gasteiger partial charge in [-0.15, -0.1) is 0 Å². The van der Waals surface area contributed by atoms with Gasteiger partial charge >= 0.3 is 0 Å². The standard InChI is InChI=1S/C21H31ClN6O4S/c1-21(2,29)19-18(22)16-6-5-15(26-33(3,30)31)17(28(16)25-19)13-32-14-7-11-27(12-8-14)20-23-9-4-10-24-20/h4,9-10,14-15,17,26,29H,5-8,11-13H2,1-3H3/t15-,17-/m0/s1. The molecule has 0 saturated carbocycles. The Morgan fingerprint density at radius 2 is 1.91 bits per heavy atom. The molecule has 0 bridgehead atoms. The number of halogens is 1. The lowest BCUT2D eigenvalue weighted by Crippen LogP contribution is -2.47. The molecule has 0 unspecified atom stereocenters. The average molecular weight is 499 g/mol. The Labute approximate surface area is 199 Å². The first kappa shape index (κ1) is 24.3. The van der Waals surface area contributed by atoms with Gasteiger partial charge in [0.2, 0.25) is 16.0 Å². The van der Waals surface area contributed by atoms with Crippen LogP contribution in [0.2, 0.25) is 5.02 Å². The highest BCUT2D eigenvalue weighted by Gasteiger charge is 2.38. The van der Waals surface area contributed by atoms with Crippen molar-refractivity contribution in [2.45, 2.75) is 63.3 Å². The summed E-state index contributed by atoms with van der Waals surface area (Å²) in [6.45, 7) is 5.12. The molecular formula is C21H31ClN6O4S. The molecular weight excluding hydrogens is 468 g/mol. The van der Waals surface area contributed by atoms with Gasteiger partial charge in [0.1, 0.15) is 11.3 Å². The number of hydrogen-bond donors (Lipinski definition) is 2. The number of ether oxygens (including phenoxy) is 1. The van der Waals surface area contributed by atoms with Gasteiger partial charge in [0, 0.05) is 31.5 Å². The maximum Gasteiger partial charge on any atom is 0.225 e. The minimum Gasteiger partial charge on any atom is -0.384 e. The van der Waals surface area contributed by atoms with Crippen LogP contribution in [-0.4, -0.2) is 71.4 Å². The third kappa shape index (κ3) is 5.65. The minimum absolute atomic E-state index is 0.0361. The van der Waals surface area contributed by atoms with Crippen LogP contribution in [0.4, 0.5) is 5.95 Å². The molecule has 2 atom stereocenters. The zero-order chi connectivity index (χ0) is 23.8. The van der Waals surface area contributed by atoms with E-state index in [2.05, 4.69) is 24.7 Å². The Morgan fingerprint density at radius 1 is 1.24 bits per heavy atom. The summed E-state index contributed by atoms with van der Waals surface area (Å²) < 4.78 is 34.8. The number of anilines is 1. The SMILES string of the molecule is CC(C)(O)c1nn2c(c1Cl)CC[C@H](NS(C)(=O)=O)[C@@H]2COC1CCN(c2ncccn2)CC1. The average Bonchev–Trinajstić information content (AvgIpc) is 3.10. The number of nitrogens with one attached hydrogen (secondary N) is 1. The van der Waals surface area contributed by atoms with E-state index in [0.29, 0.717) is 23.6 Å². The van der Waals surface area contributed by atoms with Gasteiger partial charge in [0.25, 0.3) is 0 Å². The Hall–Kier alpha value is -1.79. The van der Waals surface area contributed by atoms with Crippen molar-refractivity contribution < 1.29 is 18.3 Å². The van der Waals surface area contributed by atoms with Crippen LogP contribution in [0.3, 0.4) is 0 Å². The molecule has 0 spiro atoms. The summed E-state index contributed by atoms with van der Waals surface area (Å²) in [5.74, 6) is 0.718. The van der Waals surface area contributed by atoms with E-state index in [0.717, 1.165) is 43.8 Å². The molecule has 0 amide bonds. The highest BCUT2D eigenvalue weighted by molar-refractivity contribution is 7.88. The monoisotopic (exact) mass is 498 g/mol. The maximum absolute atomic E-state index is 12.0. The molecule has 2 aliphatic heterocycles. The van der Waals surface area contributed by atoms with Crippen LogP contribution in [-0.2, 0) is 26.8 Å². The van der Waals surface area contributed by atoms with E-state index < -0.39 is 15.6 Å². The molecule has 2 N–H and O–H groups in total. The number of fused-ring (bicyclic) bond motifs is 1. The minimum atomic E-state index is -3.42. The number of nitrogens with zero attached hydrogens (tertiary/aromatic N) is 5. The predicted molar refractivity (Wildman–Crippen MR) is 125 cm³/mol. The predicted octanol–water partition coefficient (Wildman–Crippen LogP) is 1.64. The van der Waals surface area contributed by atoms with Crippen LogP contribution in [0.25, 0.3) is 0 Å². The van der Waals surface area contributed by atoms with Crippen LogP contribution in [0.15, 0.2) is 18.5 Å². The van der Waals surface area contributed by atoms with E-state index >= 15 is 0 Å². The number of piperidine rings is 1. The lowest BCUT2D eigenvalue weighted by molar-refractivity contribution is 0.00529. The molecule has 2 aliphatic rings. The highest BCUT2D eigenvalue weighted by atomic mass is 35.5. The van der Waals surface area contributed by atoms with Gasteiger partial charge in [0.05, 0.1) is 35.7 Å². The number of hydrogen-bond acceptors (Lipinski definition) is 8. The Kier molecular flexibility index (Phi) is 6.97. The molecule has 0 radical (unpaired) electrons. The van der Waals surface area contributed by atoms with Gasteiger partial charge in [-0.1, -0.05) is 11.6 Å². The van der Waals surface area contributed by atoms with Gasteiger partial charge in [-0.05, 0) is 45.6 Å². The molecule has 0 aliphatic carbocycles. The number of aliphatic hydroxyl groups is 1. The van der Waals surface area contributed by atoms with E-state index in [-0.39, 0.29) is 24.8 Å². The molecule has 182 valence electrons. The van der Waals surface area contributed by atoms with Crippen molar-refractivity contribution in [1.29, 1.82) is 0 Å². The topological polar surface area (TPSA) is 122 Å². The van der Waals surface area contributed by atoms with Crippen molar-refractivity contribution in [1.82, 2.24) is 24.5 Å². The van der Waals surface area contributed by atoms with Crippen LogP contribution >= 0.6 is 11.6 Å². The summed E-state index contributed by atoms with van der Waals surface area (Å²) in [5, 5.41) is 15.5. The fourth-order valence-corrected chi connectivity index (χ4v) is 5.78. The second kappa shape index (κ2) is 9.46. The van der Waals surface area contributed by atoms with Crippen molar-refractivity contribution in [3.63, 3.8) is 0 Å². The first-order valence-corrected chi connectivity index (χ1v) is 13.4. The summed E-state index contributed by atoms with van der Waals surface area (Å²) in [6, 6.07) is 1.05. The second-order valence-corrected chi connectivity index (χ2v) is 11.4. The third-order valence-electron chi connectivity index (χ3n) is 6.14. The lowest BCUT2D eigenvalue weighted by Gasteiger charge is -2.36. The van der Waals surface area contributed by atoms with E-state index in [1.54, 1.807) is 37.0 Å². The molecule has 2 aromatic rings. The summed E-state index contributed by atoms with van der Waals surface area (Å²) in [4.78, 5) is 10.8. The van der Waals surface area contributed by atoms with Crippen molar-refractivity contribution in [3.05, 3.63) is 34.9 Å². The Morgan fingerprint density at radius 3 is 2.52 bits per heavy atom. The Balaban J connectivity index is 1.48. The zero-order valence-electron chi connectivity index (χ0n) is 19.1. The Bertz CT molecular complexity index is 1060. The number of aromatic nitrogens is 4.